The van der Waals surface area contributed by atoms with Crippen LogP contribution in [0.4, 0.5) is 0 Å². The van der Waals surface area contributed by atoms with E-state index in [-0.39, 0.29) is 11.0 Å². The lowest BCUT2D eigenvalue weighted by molar-refractivity contribution is -0.138. The van der Waals surface area contributed by atoms with E-state index in [4.69, 9.17) is 5.21 Å². The molecule has 4 nitrogen and oxygen atoms in total. The fourth-order valence-corrected chi connectivity index (χ4v) is 6.91. The van der Waals surface area contributed by atoms with E-state index in [0.29, 0.717) is 5.78 Å². The normalized spacial score (nSPS) is 36.5. The Kier molecular flexibility index (Phi) is 3.98. The Labute approximate surface area is 167 Å². The molecule has 1 aromatic rings. The van der Waals surface area contributed by atoms with Crippen LogP contribution in [-0.4, -0.2) is 22.7 Å². The third-order valence-corrected chi connectivity index (χ3v) is 7.57. The summed E-state index contributed by atoms with van der Waals surface area (Å²) < 4.78 is 0. The summed E-state index contributed by atoms with van der Waals surface area (Å²) >= 11 is 0. The van der Waals surface area contributed by atoms with Gasteiger partial charge in [-0.15, -0.1) is 0 Å². The summed E-state index contributed by atoms with van der Waals surface area (Å²) in [6.45, 7) is 4.37. The smallest absolute Gasteiger partial charge is 0.163 e. The number of fused-ring (bicyclic) bond motifs is 1. The molecule has 0 atom stereocenters. The molecule has 1 aromatic carbocycles. The van der Waals surface area contributed by atoms with Crippen molar-refractivity contribution in [2.75, 3.05) is 0 Å². The van der Waals surface area contributed by atoms with Crippen molar-refractivity contribution < 1.29 is 10.0 Å². The minimum Gasteiger partial charge on any atom is -0.411 e. The van der Waals surface area contributed by atoms with Crippen molar-refractivity contribution in [3.63, 3.8) is 0 Å². The Hall–Kier alpha value is -2.10. The highest BCUT2D eigenvalue weighted by Gasteiger charge is 2.54. The van der Waals surface area contributed by atoms with Crippen LogP contribution in [0, 0.1) is 23.2 Å². The van der Waals surface area contributed by atoms with Gasteiger partial charge in [0.2, 0.25) is 0 Å². The second-order valence-corrected chi connectivity index (χ2v) is 10.5. The van der Waals surface area contributed by atoms with Gasteiger partial charge in [-0.05, 0) is 93.7 Å². The summed E-state index contributed by atoms with van der Waals surface area (Å²) in [6.07, 6.45) is 11.6. The molecule has 4 saturated carbocycles. The van der Waals surface area contributed by atoms with E-state index < -0.39 is 0 Å². The number of carbonyl (C=O) groups excluding carboxylic acids is 1. The number of ketones is 1. The van der Waals surface area contributed by atoms with Gasteiger partial charge >= 0.3 is 0 Å². The lowest BCUT2D eigenvalue weighted by atomic mass is 9.48. The van der Waals surface area contributed by atoms with Gasteiger partial charge in [-0.3, -0.25) is 4.79 Å². The Bertz CT molecular complexity index is 845. The van der Waals surface area contributed by atoms with Gasteiger partial charge in [0.15, 0.2) is 5.78 Å². The van der Waals surface area contributed by atoms with Crippen LogP contribution in [0.15, 0.2) is 29.4 Å². The van der Waals surface area contributed by atoms with Crippen LogP contribution in [0.25, 0.3) is 5.70 Å². The number of benzene rings is 1. The lowest BCUT2D eigenvalue weighted by Gasteiger charge is -2.55. The standard InChI is InChI=1S/C24H30N2O2/c1-23(2)13-19-4-3-15(14-25-28)8-20(19)21(26-23)9-22(27)24-10-16-5-17(11-24)7-18(6-16)12-24/h3-4,8-9,14,16-18,26,28H,5-7,10-13H2,1-2H3/b21-9-,25-14?. The van der Waals surface area contributed by atoms with Crippen LogP contribution >= 0.6 is 0 Å². The molecule has 4 fully saturated rings. The van der Waals surface area contributed by atoms with Crippen molar-refractivity contribution >= 4 is 17.7 Å². The number of carbonyl (C=O) groups is 1. The van der Waals surface area contributed by atoms with E-state index in [1.807, 2.05) is 18.2 Å². The summed E-state index contributed by atoms with van der Waals surface area (Å²) in [5.41, 5.74) is 3.87. The quantitative estimate of drug-likeness (QED) is 0.351. The molecule has 0 spiro atoms. The molecule has 6 rings (SSSR count). The summed E-state index contributed by atoms with van der Waals surface area (Å²) in [5, 5.41) is 15.7. The minimum atomic E-state index is -0.116. The average molecular weight is 379 g/mol. The Morgan fingerprint density at radius 1 is 1.14 bits per heavy atom. The molecule has 0 aromatic heterocycles. The average Bonchev–Trinajstić information content (AvgIpc) is 2.60. The Morgan fingerprint density at radius 2 is 1.79 bits per heavy atom. The molecule has 4 aliphatic carbocycles. The maximum Gasteiger partial charge on any atom is 0.163 e. The highest BCUT2D eigenvalue weighted by molar-refractivity contribution is 6.01. The predicted molar refractivity (Wildman–Crippen MR) is 110 cm³/mol. The fourth-order valence-electron chi connectivity index (χ4n) is 6.91. The van der Waals surface area contributed by atoms with Gasteiger partial charge in [0.05, 0.1) is 6.21 Å². The van der Waals surface area contributed by atoms with Crippen molar-refractivity contribution in [1.29, 1.82) is 0 Å². The molecular weight excluding hydrogens is 348 g/mol. The summed E-state index contributed by atoms with van der Waals surface area (Å²) in [5.74, 6) is 2.64. The van der Waals surface area contributed by atoms with Crippen LogP contribution in [-0.2, 0) is 11.2 Å². The second-order valence-electron chi connectivity index (χ2n) is 10.5. The van der Waals surface area contributed by atoms with Gasteiger partial charge in [-0.1, -0.05) is 17.3 Å². The monoisotopic (exact) mass is 378 g/mol. The molecule has 4 heteroatoms. The van der Waals surface area contributed by atoms with Crippen molar-refractivity contribution in [2.45, 2.75) is 64.3 Å². The first-order valence-corrected chi connectivity index (χ1v) is 10.7. The zero-order valence-electron chi connectivity index (χ0n) is 16.9. The van der Waals surface area contributed by atoms with E-state index in [2.05, 4.69) is 30.4 Å². The third-order valence-electron chi connectivity index (χ3n) is 7.57. The summed E-state index contributed by atoms with van der Waals surface area (Å²) in [7, 11) is 0. The molecule has 0 radical (unpaired) electrons. The topological polar surface area (TPSA) is 61.7 Å². The fraction of sp³-hybridized carbons (Fsp3) is 0.583. The number of allylic oxidation sites excluding steroid dienone is 1. The molecular formula is C24H30N2O2. The molecule has 1 aliphatic heterocycles. The molecule has 0 saturated heterocycles. The van der Waals surface area contributed by atoms with Crippen molar-refractivity contribution in [3.8, 4) is 0 Å². The molecule has 4 bridgehead atoms. The Balaban J connectivity index is 1.52. The first-order valence-electron chi connectivity index (χ1n) is 10.7. The lowest BCUT2D eigenvalue weighted by Crippen LogP contribution is -2.50. The Morgan fingerprint density at radius 3 is 2.39 bits per heavy atom. The number of nitrogens with zero attached hydrogens (tertiary/aromatic N) is 1. The minimum absolute atomic E-state index is 0.0901. The van der Waals surface area contributed by atoms with E-state index in [9.17, 15) is 4.79 Å². The van der Waals surface area contributed by atoms with Gasteiger partial charge < -0.3 is 10.5 Å². The van der Waals surface area contributed by atoms with Gasteiger partial charge in [0, 0.05) is 28.3 Å². The van der Waals surface area contributed by atoms with Gasteiger partial charge in [0.25, 0.3) is 0 Å². The molecule has 1 heterocycles. The van der Waals surface area contributed by atoms with Crippen LogP contribution < -0.4 is 5.32 Å². The van der Waals surface area contributed by atoms with Gasteiger partial charge in [-0.2, -0.15) is 0 Å². The number of rotatable bonds is 3. The van der Waals surface area contributed by atoms with Gasteiger partial charge in [-0.25, -0.2) is 0 Å². The third kappa shape index (κ3) is 2.98. The summed E-state index contributed by atoms with van der Waals surface area (Å²) in [4.78, 5) is 13.6. The number of nitrogens with one attached hydrogen (secondary N) is 1. The van der Waals surface area contributed by atoms with Crippen LogP contribution in [0.3, 0.4) is 0 Å². The summed E-state index contributed by atoms with van der Waals surface area (Å²) in [6, 6.07) is 6.09. The molecule has 5 aliphatic rings. The van der Waals surface area contributed by atoms with Crippen molar-refractivity contribution in [2.24, 2.45) is 28.3 Å². The highest BCUT2D eigenvalue weighted by Crippen LogP contribution is 2.60. The zero-order chi connectivity index (χ0) is 19.5. The van der Waals surface area contributed by atoms with E-state index in [1.54, 1.807) is 0 Å². The molecule has 28 heavy (non-hydrogen) atoms. The first-order chi connectivity index (χ1) is 13.4. The predicted octanol–water partition coefficient (Wildman–Crippen LogP) is 4.55. The maximum absolute atomic E-state index is 13.6. The second kappa shape index (κ2) is 6.20. The van der Waals surface area contributed by atoms with E-state index in [0.717, 1.165) is 60.3 Å². The SMILES string of the molecule is CC1(C)Cc2ccc(C=NO)cc2/C(=C/C(=O)C23CC4CC(CC(C4)C2)C3)N1. The molecule has 2 N–H and O–H groups in total. The first kappa shape index (κ1) is 18.0. The van der Waals surface area contributed by atoms with E-state index in [1.165, 1.54) is 31.0 Å². The number of oxime groups is 1. The maximum atomic E-state index is 13.6. The van der Waals surface area contributed by atoms with E-state index >= 15 is 0 Å². The van der Waals surface area contributed by atoms with Crippen LogP contribution in [0.2, 0.25) is 0 Å². The van der Waals surface area contributed by atoms with Crippen LogP contribution in [0.1, 0.15) is 69.1 Å². The zero-order valence-corrected chi connectivity index (χ0v) is 16.9. The van der Waals surface area contributed by atoms with Gasteiger partial charge in [0.1, 0.15) is 0 Å². The van der Waals surface area contributed by atoms with Crippen LogP contribution in [0.5, 0.6) is 0 Å². The molecule has 0 amide bonds. The number of hydrogen-bond donors (Lipinski definition) is 2. The largest absolute Gasteiger partial charge is 0.411 e. The van der Waals surface area contributed by atoms with Crippen molar-refractivity contribution in [3.05, 3.63) is 41.0 Å². The number of hydrogen-bond acceptors (Lipinski definition) is 4. The van der Waals surface area contributed by atoms with Crippen molar-refractivity contribution in [1.82, 2.24) is 5.32 Å². The molecule has 148 valence electrons. The molecule has 0 unspecified atom stereocenters. The highest BCUT2D eigenvalue weighted by atomic mass is 16.4.